The van der Waals surface area contributed by atoms with Gasteiger partial charge in [0.15, 0.2) is 6.61 Å². The van der Waals surface area contributed by atoms with Crippen molar-refractivity contribution in [2.75, 3.05) is 25.5 Å². The highest BCUT2D eigenvalue weighted by Gasteiger charge is 2.19. The molecule has 0 aromatic heterocycles. The molecule has 0 fully saturated rings. The maximum Gasteiger partial charge on any atom is 0.342 e. The third-order valence-corrected chi connectivity index (χ3v) is 4.89. The van der Waals surface area contributed by atoms with E-state index < -0.39 is 18.5 Å². The van der Waals surface area contributed by atoms with Gasteiger partial charge in [-0.1, -0.05) is 49.4 Å². The Labute approximate surface area is 180 Å². The molecule has 0 aliphatic carbocycles. The van der Waals surface area contributed by atoms with Crippen molar-refractivity contribution in [3.8, 4) is 5.75 Å². The third-order valence-electron chi connectivity index (χ3n) is 4.89. The molecular weight excluding hydrogens is 396 g/mol. The van der Waals surface area contributed by atoms with Gasteiger partial charge in [0.05, 0.1) is 6.54 Å². The molecular formula is C24H24N2O5. The molecule has 2 N–H and O–H groups in total. The number of phenolic OH excluding ortho intramolecular Hbond substituents is 1. The summed E-state index contributed by atoms with van der Waals surface area (Å²) in [5, 5.41) is 14.4. The average Bonchev–Trinajstić information content (AvgIpc) is 2.76. The van der Waals surface area contributed by atoms with Gasteiger partial charge in [0, 0.05) is 12.7 Å². The Hall–Kier alpha value is -3.87. The number of hydrogen-bond donors (Lipinski definition) is 2. The van der Waals surface area contributed by atoms with Crippen molar-refractivity contribution in [1.29, 1.82) is 0 Å². The first kappa shape index (κ1) is 21.8. The molecule has 0 radical (unpaired) electrons. The van der Waals surface area contributed by atoms with E-state index in [2.05, 4.69) is 5.32 Å². The SMILES string of the molecule is CCc1ccccc1NC(=O)CN(C)C(=O)COC(=O)c1cc2ccccc2cc1O. The molecule has 3 aromatic rings. The lowest BCUT2D eigenvalue weighted by Gasteiger charge is -2.17. The maximum absolute atomic E-state index is 12.3. The van der Waals surface area contributed by atoms with Crippen molar-refractivity contribution in [2.24, 2.45) is 0 Å². The monoisotopic (exact) mass is 420 g/mol. The summed E-state index contributed by atoms with van der Waals surface area (Å²) in [7, 11) is 1.45. The summed E-state index contributed by atoms with van der Waals surface area (Å²) < 4.78 is 5.06. The summed E-state index contributed by atoms with van der Waals surface area (Å²) in [4.78, 5) is 38.1. The number of nitrogens with one attached hydrogen (secondary N) is 1. The maximum atomic E-state index is 12.3. The molecule has 0 unspecified atom stereocenters. The average molecular weight is 420 g/mol. The summed E-state index contributed by atoms with van der Waals surface area (Å²) in [6.07, 6.45) is 0.767. The van der Waals surface area contributed by atoms with Crippen LogP contribution in [0.15, 0.2) is 60.7 Å². The number of anilines is 1. The smallest absolute Gasteiger partial charge is 0.342 e. The number of carbonyl (C=O) groups is 3. The van der Waals surface area contributed by atoms with Gasteiger partial charge in [-0.05, 0) is 41.0 Å². The molecule has 0 spiro atoms. The second-order valence-electron chi connectivity index (χ2n) is 7.10. The largest absolute Gasteiger partial charge is 0.507 e. The van der Waals surface area contributed by atoms with Crippen LogP contribution in [0, 0.1) is 0 Å². The van der Waals surface area contributed by atoms with Crippen molar-refractivity contribution < 1.29 is 24.2 Å². The van der Waals surface area contributed by atoms with Gasteiger partial charge in [0.25, 0.3) is 5.91 Å². The lowest BCUT2D eigenvalue weighted by atomic mass is 10.1. The fraction of sp³-hybridized carbons (Fsp3) is 0.208. The van der Waals surface area contributed by atoms with Crippen molar-refractivity contribution in [3.63, 3.8) is 0 Å². The van der Waals surface area contributed by atoms with E-state index in [4.69, 9.17) is 4.74 Å². The van der Waals surface area contributed by atoms with Crippen LogP contribution in [-0.2, 0) is 20.7 Å². The van der Waals surface area contributed by atoms with Crippen LogP contribution in [0.25, 0.3) is 10.8 Å². The molecule has 2 amide bonds. The van der Waals surface area contributed by atoms with Crippen molar-refractivity contribution >= 4 is 34.2 Å². The standard InChI is InChI=1S/C24H24N2O5/c1-3-16-8-6-7-11-20(16)25-22(28)14-26(2)23(29)15-31-24(30)19-12-17-9-4-5-10-18(17)13-21(19)27/h4-13,27H,3,14-15H2,1-2H3,(H,25,28). The van der Waals surface area contributed by atoms with Crippen LogP contribution in [0.1, 0.15) is 22.8 Å². The van der Waals surface area contributed by atoms with Crippen molar-refractivity contribution in [3.05, 3.63) is 71.8 Å². The fourth-order valence-electron chi connectivity index (χ4n) is 3.15. The minimum Gasteiger partial charge on any atom is -0.507 e. The number of nitrogens with zero attached hydrogens (tertiary/aromatic N) is 1. The molecule has 0 saturated heterocycles. The van der Waals surface area contributed by atoms with Gasteiger partial charge in [-0.2, -0.15) is 0 Å². The topological polar surface area (TPSA) is 95.9 Å². The van der Waals surface area contributed by atoms with Crippen LogP contribution in [0.4, 0.5) is 5.69 Å². The summed E-state index contributed by atoms with van der Waals surface area (Å²) >= 11 is 0. The number of likely N-dealkylation sites (N-methyl/N-ethyl adjacent to an activating group) is 1. The minimum absolute atomic E-state index is 0.0249. The summed E-state index contributed by atoms with van der Waals surface area (Å²) in [6.45, 7) is 1.26. The highest BCUT2D eigenvalue weighted by atomic mass is 16.5. The van der Waals surface area contributed by atoms with E-state index in [-0.39, 0.29) is 23.8 Å². The first-order chi connectivity index (χ1) is 14.9. The van der Waals surface area contributed by atoms with Crippen LogP contribution in [0.3, 0.4) is 0 Å². The number of rotatable bonds is 7. The van der Waals surface area contributed by atoms with Gasteiger partial charge in [-0.15, -0.1) is 0 Å². The van der Waals surface area contributed by atoms with Gasteiger partial charge in [0.2, 0.25) is 5.91 Å². The van der Waals surface area contributed by atoms with Gasteiger partial charge in [-0.3, -0.25) is 9.59 Å². The van der Waals surface area contributed by atoms with Gasteiger partial charge < -0.3 is 20.1 Å². The zero-order valence-electron chi connectivity index (χ0n) is 17.4. The molecule has 7 nitrogen and oxygen atoms in total. The number of amides is 2. The number of para-hydroxylation sites is 1. The Morgan fingerprint density at radius 1 is 1.00 bits per heavy atom. The molecule has 3 aromatic carbocycles. The van der Waals surface area contributed by atoms with Crippen LogP contribution in [0.2, 0.25) is 0 Å². The molecule has 0 aliphatic heterocycles. The van der Waals surface area contributed by atoms with E-state index in [0.717, 1.165) is 22.8 Å². The first-order valence-corrected chi connectivity index (χ1v) is 9.89. The second kappa shape index (κ2) is 9.75. The third kappa shape index (κ3) is 5.39. The predicted octanol–water partition coefficient (Wildman–Crippen LogP) is 3.36. The number of aromatic hydroxyl groups is 1. The molecule has 160 valence electrons. The number of hydrogen-bond acceptors (Lipinski definition) is 5. The zero-order valence-corrected chi connectivity index (χ0v) is 17.4. The normalized spacial score (nSPS) is 10.5. The van der Waals surface area contributed by atoms with Gasteiger partial charge in [0.1, 0.15) is 11.3 Å². The van der Waals surface area contributed by atoms with Crippen LogP contribution >= 0.6 is 0 Å². The van der Waals surface area contributed by atoms with Gasteiger partial charge >= 0.3 is 5.97 Å². The number of carbonyl (C=O) groups excluding carboxylic acids is 3. The molecule has 0 bridgehead atoms. The lowest BCUT2D eigenvalue weighted by Crippen LogP contribution is -2.37. The van der Waals surface area contributed by atoms with Crippen LogP contribution < -0.4 is 5.32 Å². The lowest BCUT2D eigenvalue weighted by molar-refractivity contribution is -0.136. The highest BCUT2D eigenvalue weighted by Crippen LogP contribution is 2.25. The summed E-state index contributed by atoms with van der Waals surface area (Å²) in [5.41, 5.74) is 1.67. The number of fused-ring (bicyclic) bond motifs is 1. The Kier molecular flexibility index (Phi) is 6.87. The van der Waals surface area contributed by atoms with E-state index in [1.807, 2.05) is 43.3 Å². The van der Waals surface area contributed by atoms with E-state index in [9.17, 15) is 19.5 Å². The fourth-order valence-corrected chi connectivity index (χ4v) is 3.15. The van der Waals surface area contributed by atoms with E-state index in [0.29, 0.717) is 5.69 Å². The number of aryl methyl sites for hydroxylation is 1. The number of phenols is 1. The molecule has 0 atom stereocenters. The summed E-state index contributed by atoms with van der Waals surface area (Å²) in [5.74, 6) is -1.92. The zero-order chi connectivity index (χ0) is 22.4. The molecule has 3 rings (SSSR count). The Morgan fingerprint density at radius 2 is 1.65 bits per heavy atom. The quantitative estimate of drug-likeness (QED) is 0.572. The molecule has 0 heterocycles. The van der Waals surface area contributed by atoms with E-state index >= 15 is 0 Å². The summed E-state index contributed by atoms with van der Waals surface area (Å²) in [6, 6.07) is 17.7. The van der Waals surface area contributed by atoms with Crippen LogP contribution in [-0.4, -0.2) is 48.0 Å². The predicted molar refractivity (Wildman–Crippen MR) is 118 cm³/mol. The molecule has 0 aliphatic rings. The minimum atomic E-state index is -0.814. The van der Waals surface area contributed by atoms with Crippen molar-refractivity contribution in [2.45, 2.75) is 13.3 Å². The molecule has 31 heavy (non-hydrogen) atoms. The highest BCUT2D eigenvalue weighted by molar-refractivity contribution is 5.99. The van der Waals surface area contributed by atoms with Gasteiger partial charge in [-0.25, -0.2) is 4.79 Å². The van der Waals surface area contributed by atoms with E-state index in [1.54, 1.807) is 12.1 Å². The number of benzene rings is 3. The van der Waals surface area contributed by atoms with E-state index in [1.165, 1.54) is 24.1 Å². The van der Waals surface area contributed by atoms with Crippen LogP contribution in [0.5, 0.6) is 5.75 Å². The Bertz CT molecular complexity index is 1130. The molecule has 0 saturated carbocycles. The Balaban J connectivity index is 1.55. The first-order valence-electron chi connectivity index (χ1n) is 9.89. The number of ether oxygens (including phenoxy) is 1. The number of esters is 1. The Morgan fingerprint density at radius 3 is 2.35 bits per heavy atom. The van der Waals surface area contributed by atoms with Crippen molar-refractivity contribution in [1.82, 2.24) is 4.90 Å². The second-order valence-corrected chi connectivity index (χ2v) is 7.10. The molecule has 7 heteroatoms.